The first-order valence-corrected chi connectivity index (χ1v) is 6.03. The molecule has 1 aromatic rings. The molecule has 1 N–H and O–H groups in total. The molecule has 0 fully saturated rings. The number of carbonyl (C=O) groups is 2. The molecule has 104 valence electrons. The van der Waals surface area contributed by atoms with Gasteiger partial charge in [-0.05, 0) is 20.0 Å². The Morgan fingerprint density at radius 2 is 2.05 bits per heavy atom. The zero-order chi connectivity index (χ0) is 14.1. The molecule has 0 aliphatic rings. The summed E-state index contributed by atoms with van der Waals surface area (Å²) < 4.78 is 4.81. The fourth-order valence-corrected chi connectivity index (χ4v) is 1.37. The third-order valence-corrected chi connectivity index (χ3v) is 2.23. The Labute approximate surface area is 112 Å². The van der Waals surface area contributed by atoms with Gasteiger partial charge in [-0.3, -0.25) is 19.8 Å². The van der Waals surface area contributed by atoms with Crippen molar-refractivity contribution in [2.45, 2.75) is 13.3 Å². The van der Waals surface area contributed by atoms with Gasteiger partial charge in [-0.15, -0.1) is 0 Å². The summed E-state index contributed by atoms with van der Waals surface area (Å²) in [5.41, 5.74) is 0. The molecule has 0 spiro atoms. The standard InChI is InChI=1S/C12H18N4O3/c1-3-19-11(18)5-8-16(2)9-10(17)15-12-13-6-4-7-14-12/h4,6-7H,3,5,8-9H2,1-2H3,(H,13,14,15,17). The zero-order valence-electron chi connectivity index (χ0n) is 11.1. The molecular formula is C12H18N4O3. The molecule has 7 nitrogen and oxygen atoms in total. The molecular weight excluding hydrogens is 248 g/mol. The number of nitrogens with zero attached hydrogens (tertiary/aromatic N) is 3. The van der Waals surface area contributed by atoms with Crippen LogP contribution >= 0.6 is 0 Å². The van der Waals surface area contributed by atoms with E-state index in [-0.39, 0.29) is 30.8 Å². The lowest BCUT2D eigenvalue weighted by Crippen LogP contribution is -2.32. The van der Waals surface area contributed by atoms with E-state index in [9.17, 15) is 9.59 Å². The molecule has 0 saturated heterocycles. The van der Waals surface area contributed by atoms with Crippen molar-refractivity contribution in [3.63, 3.8) is 0 Å². The van der Waals surface area contributed by atoms with Crippen molar-refractivity contribution >= 4 is 17.8 Å². The summed E-state index contributed by atoms with van der Waals surface area (Å²) in [6.45, 7) is 2.75. The second-order valence-corrected chi connectivity index (χ2v) is 3.91. The minimum atomic E-state index is -0.263. The molecule has 1 heterocycles. The summed E-state index contributed by atoms with van der Waals surface area (Å²) >= 11 is 0. The van der Waals surface area contributed by atoms with Crippen molar-refractivity contribution in [3.05, 3.63) is 18.5 Å². The topological polar surface area (TPSA) is 84.4 Å². The lowest BCUT2D eigenvalue weighted by atomic mass is 10.4. The first kappa shape index (κ1) is 15.0. The van der Waals surface area contributed by atoms with Crippen LogP contribution in [-0.2, 0) is 14.3 Å². The molecule has 1 rings (SSSR count). The van der Waals surface area contributed by atoms with Gasteiger partial charge in [0.25, 0.3) is 0 Å². The maximum Gasteiger partial charge on any atom is 0.307 e. The van der Waals surface area contributed by atoms with Crippen molar-refractivity contribution in [2.24, 2.45) is 0 Å². The molecule has 0 bridgehead atoms. The summed E-state index contributed by atoms with van der Waals surface area (Å²) in [5, 5.41) is 2.57. The Morgan fingerprint density at radius 1 is 1.37 bits per heavy atom. The van der Waals surface area contributed by atoms with E-state index >= 15 is 0 Å². The van der Waals surface area contributed by atoms with Crippen LogP contribution in [0.15, 0.2) is 18.5 Å². The summed E-state index contributed by atoms with van der Waals surface area (Å²) in [7, 11) is 1.75. The lowest BCUT2D eigenvalue weighted by molar-refractivity contribution is -0.143. The Hall–Kier alpha value is -2.02. The van der Waals surface area contributed by atoms with Gasteiger partial charge in [-0.2, -0.15) is 0 Å². The Kier molecular flexibility index (Phi) is 6.45. The van der Waals surface area contributed by atoms with Gasteiger partial charge in [-0.1, -0.05) is 0 Å². The molecule has 0 unspecified atom stereocenters. The van der Waals surface area contributed by atoms with Crippen LogP contribution in [0, 0.1) is 0 Å². The number of hydrogen-bond acceptors (Lipinski definition) is 6. The Bertz CT molecular complexity index is 411. The SMILES string of the molecule is CCOC(=O)CCN(C)CC(=O)Nc1ncccn1. The number of amides is 1. The molecule has 1 amide bonds. The molecule has 1 aromatic heterocycles. The number of hydrogen-bond donors (Lipinski definition) is 1. The van der Waals surface area contributed by atoms with Crippen LogP contribution in [0.2, 0.25) is 0 Å². The number of anilines is 1. The number of esters is 1. The van der Waals surface area contributed by atoms with Crippen LogP contribution in [0.25, 0.3) is 0 Å². The first-order valence-electron chi connectivity index (χ1n) is 6.03. The maximum absolute atomic E-state index is 11.6. The zero-order valence-corrected chi connectivity index (χ0v) is 11.1. The van der Waals surface area contributed by atoms with Gasteiger partial charge in [0.15, 0.2) is 0 Å². The van der Waals surface area contributed by atoms with Crippen LogP contribution in [-0.4, -0.2) is 53.5 Å². The highest BCUT2D eigenvalue weighted by Gasteiger charge is 2.10. The third kappa shape index (κ3) is 6.46. The molecule has 0 aliphatic carbocycles. The van der Waals surface area contributed by atoms with E-state index in [2.05, 4.69) is 15.3 Å². The van der Waals surface area contributed by atoms with E-state index in [0.29, 0.717) is 13.2 Å². The molecule has 0 radical (unpaired) electrons. The second kappa shape index (κ2) is 8.15. The Morgan fingerprint density at radius 3 is 2.68 bits per heavy atom. The minimum absolute atomic E-state index is 0.164. The van der Waals surface area contributed by atoms with Crippen molar-refractivity contribution in [2.75, 3.05) is 32.1 Å². The normalized spacial score (nSPS) is 10.3. The van der Waals surface area contributed by atoms with Gasteiger partial charge in [-0.25, -0.2) is 9.97 Å². The predicted octanol–water partition coefficient (Wildman–Crippen LogP) is 0.300. The van der Waals surface area contributed by atoms with Gasteiger partial charge in [0.1, 0.15) is 0 Å². The monoisotopic (exact) mass is 266 g/mol. The van der Waals surface area contributed by atoms with Gasteiger partial charge in [0.2, 0.25) is 11.9 Å². The summed E-state index contributed by atoms with van der Waals surface area (Å²) in [4.78, 5) is 32.3. The molecule has 7 heteroatoms. The number of carbonyl (C=O) groups excluding carboxylic acids is 2. The molecule has 0 aromatic carbocycles. The number of nitrogens with one attached hydrogen (secondary N) is 1. The van der Waals surface area contributed by atoms with E-state index in [1.165, 1.54) is 0 Å². The highest BCUT2D eigenvalue weighted by molar-refractivity contribution is 5.90. The van der Waals surface area contributed by atoms with Crippen molar-refractivity contribution in [1.82, 2.24) is 14.9 Å². The van der Waals surface area contributed by atoms with Gasteiger partial charge in [0, 0.05) is 18.9 Å². The summed E-state index contributed by atoms with van der Waals surface area (Å²) in [5.74, 6) is -0.218. The smallest absolute Gasteiger partial charge is 0.307 e. The highest BCUT2D eigenvalue weighted by Crippen LogP contribution is 1.96. The van der Waals surface area contributed by atoms with E-state index in [1.54, 1.807) is 37.3 Å². The highest BCUT2D eigenvalue weighted by atomic mass is 16.5. The summed E-state index contributed by atoms with van der Waals surface area (Å²) in [6.07, 6.45) is 3.36. The van der Waals surface area contributed by atoms with Crippen LogP contribution in [0.5, 0.6) is 0 Å². The molecule has 19 heavy (non-hydrogen) atoms. The van der Waals surface area contributed by atoms with E-state index in [0.717, 1.165) is 0 Å². The average Bonchev–Trinajstić information content (AvgIpc) is 2.38. The number of likely N-dealkylation sites (N-methyl/N-ethyl adjacent to an activating group) is 1. The first-order chi connectivity index (χ1) is 9.11. The van der Waals surface area contributed by atoms with Crippen LogP contribution in [0.3, 0.4) is 0 Å². The Balaban J connectivity index is 2.26. The van der Waals surface area contributed by atoms with Crippen molar-refractivity contribution in [1.29, 1.82) is 0 Å². The second-order valence-electron chi connectivity index (χ2n) is 3.91. The van der Waals surface area contributed by atoms with Crippen LogP contribution in [0.4, 0.5) is 5.95 Å². The maximum atomic E-state index is 11.6. The number of aromatic nitrogens is 2. The number of ether oxygens (including phenoxy) is 1. The fraction of sp³-hybridized carbons (Fsp3) is 0.500. The lowest BCUT2D eigenvalue weighted by Gasteiger charge is -2.15. The minimum Gasteiger partial charge on any atom is -0.466 e. The molecule has 0 aliphatic heterocycles. The third-order valence-electron chi connectivity index (χ3n) is 2.23. The number of rotatable bonds is 7. The molecule has 0 atom stereocenters. The van der Waals surface area contributed by atoms with Crippen molar-refractivity contribution in [3.8, 4) is 0 Å². The van der Waals surface area contributed by atoms with Gasteiger partial charge < -0.3 is 4.74 Å². The average molecular weight is 266 g/mol. The van der Waals surface area contributed by atoms with Gasteiger partial charge >= 0.3 is 5.97 Å². The van der Waals surface area contributed by atoms with Crippen LogP contribution < -0.4 is 5.32 Å². The fourth-order valence-electron chi connectivity index (χ4n) is 1.37. The van der Waals surface area contributed by atoms with E-state index in [1.807, 2.05) is 0 Å². The van der Waals surface area contributed by atoms with Crippen LogP contribution in [0.1, 0.15) is 13.3 Å². The molecule has 0 saturated carbocycles. The summed E-state index contributed by atoms with van der Waals surface area (Å²) in [6, 6.07) is 1.67. The quantitative estimate of drug-likeness (QED) is 0.714. The van der Waals surface area contributed by atoms with E-state index < -0.39 is 0 Å². The largest absolute Gasteiger partial charge is 0.466 e. The van der Waals surface area contributed by atoms with Gasteiger partial charge in [0.05, 0.1) is 19.6 Å². The van der Waals surface area contributed by atoms with E-state index in [4.69, 9.17) is 4.74 Å². The van der Waals surface area contributed by atoms with Crippen molar-refractivity contribution < 1.29 is 14.3 Å². The predicted molar refractivity (Wildman–Crippen MR) is 69.4 cm³/mol.